The van der Waals surface area contributed by atoms with Crippen LogP contribution in [0.3, 0.4) is 0 Å². The lowest BCUT2D eigenvalue weighted by Crippen LogP contribution is -2.30. The average molecular weight is 333 g/mol. The first-order valence-corrected chi connectivity index (χ1v) is 7.99. The van der Waals surface area contributed by atoms with E-state index in [4.69, 9.17) is 9.47 Å². The van der Waals surface area contributed by atoms with Gasteiger partial charge in [0.25, 0.3) is 5.91 Å². The van der Waals surface area contributed by atoms with Crippen LogP contribution < -0.4 is 10.1 Å². The maximum absolute atomic E-state index is 12.6. The summed E-state index contributed by atoms with van der Waals surface area (Å²) in [6.45, 7) is 1.90. The molecule has 1 heterocycles. The van der Waals surface area contributed by atoms with Crippen LogP contribution in [0.4, 0.5) is 0 Å². The highest BCUT2D eigenvalue weighted by Crippen LogP contribution is 2.25. The number of carbonyl (C=O) groups excluding carboxylic acids is 2. The molecule has 1 aromatic heterocycles. The van der Waals surface area contributed by atoms with Gasteiger partial charge in [-0.15, -0.1) is 11.3 Å². The molecule has 1 aromatic carbocycles. The highest BCUT2D eigenvalue weighted by atomic mass is 32.1. The van der Waals surface area contributed by atoms with E-state index in [2.05, 4.69) is 5.32 Å². The van der Waals surface area contributed by atoms with Gasteiger partial charge in [-0.2, -0.15) is 0 Å². The van der Waals surface area contributed by atoms with E-state index in [0.29, 0.717) is 11.3 Å². The Hall–Kier alpha value is -2.34. The molecule has 23 heavy (non-hydrogen) atoms. The molecule has 2 aromatic rings. The van der Waals surface area contributed by atoms with Crippen molar-refractivity contribution >= 4 is 23.2 Å². The average Bonchev–Trinajstić information content (AvgIpc) is 3.08. The number of amides is 1. The Morgan fingerprint density at radius 2 is 2.04 bits per heavy atom. The molecule has 0 spiro atoms. The van der Waals surface area contributed by atoms with Gasteiger partial charge in [0.1, 0.15) is 5.75 Å². The number of esters is 1. The first-order chi connectivity index (χ1) is 11.0. The van der Waals surface area contributed by atoms with Crippen molar-refractivity contribution in [1.29, 1.82) is 0 Å². The molecule has 0 aliphatic rings. The molecule has 1 N–H and O–H groups in total. The molecule has 6 heteroatoms. The van der Waals surface area contributed by atoms with Gasteiger partial charge in [0, 0.05) is 4.88 Å². The van der Waals surface area contributed by atoms with E-state index in [1.165, 1.54) is 25.6 Å². The van der Waals surface area contributed by atoms with Crippen molar-refractivity contribution in [2.45, 2.75) is 19.4 Å². The fraction of sp³-hybridized carbons (Fsp3) is 0.294. The maximum atomic E-state index is 12.6. The number of nitrogens with one attached hydrogen (secondary N) is 1. The van der Waals surface area contributed by atoms with Crippen LogP contribution in [-0.2, 0) is 9.53 Å². The van der Waals surface area contributed by atoms with E-state index in [1.807, 2.05) is 30.5 Å². The largest absolute Gasteiger partial charge is 0.496 e. The normalized spacial score (nSPS) is 11.6. The molecule has 0 radical (unpaired) electrons. The van der Waals surface area contributed by atoms with Crippen molar-refractivity contribution in [1.82, 2.24) is 5.32 Å². The Morgan fingerprint density at radius 3 is 2.65 bits per heavy atom. The number of methoxy groups -OCH3 is 2. The first kappa shape index (κ1) is 17.0. The van der Waals surface area contributed by atoms with E-state index in [-0.39, 0.29) is 18.3 Å². The summed E-state index contributed by atoms with van der Waals surface area (Å²) in [4.78, 5) is 25.1. The second kappa shape index (κ2) is 7.78. The fourth-order valence-corrected chi connectivity index (χ4v) is 2.98. The SMILES string of the molecule is COC(=O)CC(NC(=O)c1cc(C)ccc1OC)c1cccs1. The summed E-state index contributed by atoms with van der Waals surface area (Å²) in [7, 11) is 2.85. The van der Waals surface area contributed by atoms with Crippen LogP contribution in [0.1, 0.15) is 33.3 Å². The lowest BCUT2D eigenvalue weighted by Gasteiger charge is -2.17. The molecule has 0 bridgehead atoms. The van der Waals surface area contributed by atoms with Crippen molar-refractivity contribution in [3.63, 3.8) is 0 Å². The standard InChI is InChI=1S/C17H19NO4S/c1-11-6-7-14(21-2)12(9-11)17(20)18-13(10-16(19)22-3)15-5-4-8-23-15/h4-9,13H,10H2,1-3H3,(H,18,20). The summed E-state index contributed by atoms with van der Waals surface area (Å²) < 4.78 is 9.97. The Kier molecular flexibility index (Phi) is 5.76. The molecule has 122 valence electrons. The van der Waals surface area contributed by atoms with Gasteiger partial charge < -0.3 is 14.8 Å². The van der Waals surface area contributed by atoms with Crippen LogP contribution in [0.25, 0.3) is 0 Å². The first-order valence-electron chi connectivity index (χ1n) is 7.11. The number of hydrogen-bond acceptors (Lipinski definition) is 5. The van der Waals surface area contributed by atoms with Crippen LogP contribution in [-0.4, -0.2) is 26.1 Å². The molecule has 1 atom stereocenters. The molecular weight excluding hydrogens is 314 g/mol. The molecule has 0 saturated heterocycles. The number of aryl methyl sites for hydroxylation is 1. The van der Waals surface area contributed by atoms with Gasteiger partial charge >= 0.3 is 5.97 Å². The Bertz CT molecular complexity index is 682. The zero-order valence-corrected chi connectivity index (χ0v) is 14.1. The summed E-state index contributed by atoms with van der Waals surface area (Å²) in [6, 6.07) is 8.72. The van der Waals surface area contributed by atoms with Gasteiger partial charge in [-0.25, -0.2) is 0 Å². The van der Waals surface area contributed by atoms with Crippen molar-refractivity contribution in [3.8, 4) is 5.75 Å². The third-order valence-electron chi connectivity index (χ3n) is 3.39. The zero-order chi connectivity index (χ0) is 16.8. The topological polar surface area (TPSA) is 64.6 Å². The predicted molar refractivity (Wildman–Crippen MR) is 88.9 cm³/mol. The quantitative estimate of drug-likeness (QED) is 0.825. The smallest absolute Gasteiger partial charge is 0.307 e. The van der Waals surface area contributed by atoms with E-state index in [0.717, 1.165) is 10.4 Å². The van der Waals surface area contributed by atoms with Gasteiger partial charge in [0.15, 0.2) is 0 Å². The number of thiophene rings is 1. The number of benzene rings is 1. The second-order valence-electron chi connectivity index (χ2n) is 5.03. The molecule has 1 unspecified atom stereocenters. The zero-order valence-electron chi connectivity index (χ0n) is 13.3. The van der Waals surface area contributed by atoms with E-state index < -0.39 is 6.04 Å². The van der Waals surface area contributed by atoms with Crippen LogP contribution in [0, 0.1) is 6.92 Å². The minimum Gasteiger partial charge on any atom is -0.496 e. The Balaban J connectivity index is 2.24. The van der Waals surface area contributed by atoms with Gasteiger partial charge in [-0.1, -0.05) is 17.7 Å². The summed E-state index contributed by atoms with van der Waals surface area (Å²) in [5, 5.41) is 4.80. The molecule has 5 nitrogen and oxygen atoms in total. The van der Waals surface area contributed by atoms with Crippen molar-refractivity contribution in [2.24, 2.45) is 0 Å². The highest BCUT2D eigenvalue weighted by molar-refractivity contribution is 7.10. The third kappa shape index (κ3) is 4.32. The number of carbonyl (C=O) groups is 2. The molecule has 0 saturated carbocycles. The Morgan fingerprint density at radius 1 is 1.26 bits per heavy atom. The van der Waals surface area contributed by atoms with Crippen molar-refractivity contribution in [2.75, 3.05) is 14.2 Å². The lowest BCUT2D eigenvalue weighted by molar-refractivity contribution is -0.141. The van der Waals surface area contributed by atoms with Crippen molar-refractivity contribution in [3.05, 3.63) is 51.7 Å². The van der Waals surface area contributed by atoms with E-state index >= 15 is 0 Å². The monoisotopic (exact) mass is 333 g/mol. The van der Waals surface area contributed by atoms with E-state index in [9.17, 15) is 9.59 Å². The summed E-state index contributed by atoms with van der Waals surface area (Å²) in [6.07, 6.45) is 0.0802. The van der Waals surface area contributed by atoms with Crippen LogP contribution in [0.15, 0.2) is 35.7 Å². The molecule has 2 rings (SSSR count). The van der Waals surface area contributed by atoms with Gasteiger partial charge in [0.05, 0.1) is 32.2 Å². The van der Waals surface area contributed by atoms with Gasteiger partial charge in [-0.3, -0.25) is 9.59 Å². The summed E-state index contributed by atoms with van der Waals surface area (Å²) in [5.41, 5.74) is 1.40. The van der Waals surface area contributed by atoms with Crippen LogP contribution in [0.5, 0.6) is 5.75 Å². The van der Waals surface area contributed by atoms with Crippen LogP contribution >= 0.6 is 11.3 Å². The second-order valence-corrected chi connectivity index (χ2v) is 6.00. The number of ether oxygens (including phenoxy) is 2. The minimum absolute atomic E-state index is 0.0802. The molecule has 0 fully saturated rings. The minimum atomic E-state index is -0.430. The lowest BCUT2D eigenvalue weighted by atomic mass is 10.1. The van der Waals surface area contributed by atoms with Gasteiger partial charge in [-0.05, 0) is 30.5 Å². The van der Waals surface area contributed by atoms with Gasteiger partial charge in [0.2, 0.25) is 0 Å². The Labute approximate surface area is 139 Å². The molecule has 0 aliphatic heterocycles. The van der Waals surface area contributed by atoms with Crippen molar-refractivity contribution < 1.29 is 19.1 Å². The molecule has 1 amide bonds. The molecular formula is C17H19NO4S. The van der Waals surface area contributed by atoms with E-state index in [1.54, 1.807) is 12.1 Å². The molecule has 0 aliphatic carbocycles. The summed E-state index contributed by atoms with van der Waals surface area (Å²) >= 11 is 1.48. The number of rotatable bonds is 6. The predicted octanol–water partition coefficient (Wildman–Crippen LogP) is 3.10. The summed E-state index contributed by atoms with van der Waals surface area (Å²) in [5.74, 6) is -0.163. The number of hydrogen-bond donors (Lipinski definition) is 1. The maximum Gasteiger partial charge on any atom is 0.307 e. The van der Waals surface area contributed by atoms with Crippen LogP contribution in [0.2, 0.25) is 0 Å². The highest BCUT2D eigenvalue weighted by Gasteiger charge is 2.22. The third-order valence-corrected chi connectivity index (χ3v) is 4.38. The fourth-order valence-electron chi connectivity index (χ4n) is 2.20.